The number of hydrogen-bond acceptors (Lipinski definition) is 5. The van der Waals surface area contributed by atoms with Crippen LogP contribution in [0, 0.1) is 0 Å². The molecule has 0 bridgehead atoms. The van der Waals surface area contributed by atoms with Crippen molar-refractivity contribution in [1.29, 1.82) is 0 Å². The van der Waals surface area contributed by atoms with Gasteiger partial charge in [0.2, 0.25) is 0 Å². The van der Waals surface area contributed by atoms with Crippen molar-refractivity contribution >= 4 is 57.7 Å². The average Bonchev–Trinajstić information content (AvgIpc) is 3.22. The summed E-state index contributed by atoms with van der Waals surface area (Å²) in [6.45, 7) is 0. The molecule has 1 aliphatic heterocycles. The third-order valence-electron chi connectivity index (χ3n) is 4.08. The molecule has 0 fully saturated rings. The van der Waals surface area contributed by atoms with Crippen molar-refractivity contribution in [3.8, 4) is 0 Å². The average molecular weight is 449 g/mol. The van der Waals surface area contributed by atoms with Gasteiger partial charge in [-0.1, -0.05) is 41.4 Å². The Bertz CT molecular complexity index is 991. The van der Waals surface area contributed by atoms with E-state index in [1.807, 2.05) is 41.1 Å². The van der Waals surface area contributed by atoms with Gasteiger partial charge in [-0.05, 0) is 41.8 Å². The lowest BCUT2D eigenvalue weighted by atomic mass is 9.96. The molecule has 2 aromatic carbocycles. The topological polar surface area (TPSA) is 96.2 Å². The fourth-order valence-electron chi connectivity index (χ4n) is 2.84. The Kier molecular flexibility index (Phi) is 7.11. The third-order valence-corrected chi connectivity index (χ3v) is 5.51. The summed E-state index contributed by atoms with van der Waals surface area (Å²) in [5.41, 5.74) is 4.17. The van der Waals surface area contributed by atoms with E-state index in [1.54, 1.807) is 29.5 Å². The lowest BCUT2D eigenvalue weighted by molar-refractivity contribution is 0.0972. The van der Waals surface area contributed by atoms with Gasteiger partial charge in [0.25, 0.3) is 0 Å². The summed E-state index contributed by atoms with van der Waals surface area (Å²) in [4.78, 5) is 24.0. The van der Waals surface area contributed by atoms with Gasteiger partial charge < -0.3 is 10.6 Å². The first kappa shape index (κ1) is 21.1. The maximum Gasteiger partial charge on any atom is 0.333 e. The van der Waals surface area contributed by atoms with E-state index in [2.05, 4.69) is 16.7 Å². The summed E-state index contributed by atoms with van der Waals surface area (Å²) in [7, 11) is 0. The molecule has 9 heteroatoms. The van der Waals surface area contributed by atoms with Crippen LogP contribution in [0.1, 0.15) is 27.7 Å². The molecule has 4 rings (SSSR count). The number of nitrogens with two attached hydrogens (primary N) is 1. The molecule has 0 spiro atoms. The number of benzene rings is 2. The normalized spacial score (nSPS) is 14.7. The predicted octanol–water partition coefficient (Wildman–Crippen LogP) is 5.48. The zero-order chi connectivity index (χ0) is 20.8. The molecule has 2 heterocycles. The van der Waals surface area contributed by atoms with Gasteiger partial charge in [-0.25, -0.2) is 10.6 Å². The second kappa shape index (κ2) is 9.76. The lowest BCUT2D eigenvalue weighted by Gasteiger charge is -2.25. The highest BCUT2D eigenvalue weighted by Gasteiger charge is 2.25. The minimum atomic E-state index is -0.529. The molecule has 29 heavy (non-hydrogen) atoms. The van der Waals surface area contributed by atoms with E-state index in [0.717, 1.165) is 11.3 Å². The van der Waals surface area contributed by atoms with E-state index in [9.17, 15) is 9.59 Å². The number of thiophene rings is 1. The minimum Gasteiger partial charge on any atom is -0.376 e. The van der Waals surface area contributed by atoms with Gasteiger partial charge >= 0.3 is 6.03 Å². The van der Waals surface area contributed by atoms with Crippen LogP contribution in [0.5, 0.6) is 0 Å². The third kappa shape index (κ3) is 5.71. The van der Waals surface area contributed by atoms with Gasteiger partial charge in [0, 0.05) is 38.3 Å². The van der Waals surface area contributed by atoms with E-state index >= 15 is 0 Å². The maximum atomic E-state index is 12.0. The van der Waals surface area contributed by atoms with Gasteiger partial charge in [0.05, 0.1) is 6.04 Å². The standard InChI is InChI=1S/C13H11NOS.C7H7Cl2N3O/c15-12-8-11(13-6-3-7-16-13)14-10-5-2-1-4-9(10)12;8-4-1-5(9)3-6(2-4)11-7(13)12-10/h1-7,11,14H,8H2;1-3H,10H2,(H2,11,12,13). The first-order valence-electron chi connectivity index (χ1n) is 8.62. The number of para-hydroxylation sites is 1. The van der Waals surface area contributed by atoms with Crippen LogP contribution in [-0.4, -0.2) is 11.8 Å². The molecule has 3 aromatic rings. The molecule has 5 N–H and O–H groups in total. The molecule has 0 radical (unpaired) electrons. The smallest absolute Gasteiger partial charge is 0.333 e. The van der Waals surface area contributed by atoms with Crippen molar-refractivity contribution < 1.29 is 9.59 Å². The number of hydrazine groups is 1. The van der Waals surface area contributed by atoms with Crippen LogP contribution in [0.4, 0.5) is 16.2 Å². The largest absolute Gasteiger partial charge is 0.376 e. The number of halogens is 2. The predicted molar refractivity (Wildman–Crippen MR) is 119 cm³/mol. The fraction of sp³-hybridized carbons (Fsp3) is 0.100. The van der Waals surface area contributed by atoms with Crippen LogP contribution in [0.2, 0.25) is 10.0 Å². The quantitative estimate of drug-likeness (QED) is 0.237. The van der Waals surface area contributed by atoms with Crippen LogP contribution in [0.15, 0.2) is 60.0 Å². The molecule has 150 valence electrons. The highest BCUT2D eigenvalue weighted by atomic mass is 35.5. The number of anilines is 2. The molecule has 1 unspecified atom stereocenters. The first-order chi connectivity index (χ1) is 14.0. The summed E-state index contributed by atoms with van der Waals surface area (Å²) >= 11 is 13.1. The summed E-state index contributed by atoms with van der Waals surface area (Å²) in [6, 6.07) is 16.1. The van der Waals surface area contributed by atoms with Crippen LogP contribution >= 0.6 is 34.5 Å². The fourth-order valence-corrected chi connectivity index (χ4v) is 4.14. The zero-order valence-corrected chi connectivity index (χ0v) is 17.4. The van der Waals surface area contributed by atoms with Gasteiger partial charge in [0.15, 0.2) is 5.78 Å². The van der Waals surface area contributed by atoms with E-state index < -0.39 is 6.03 Å². The Morgan fingerprint density at radius 3 is 2.48 bits per heavy atom. The van der Waals surface area contributed by atoms with Crippen LogP contribution in [0.3, 0.4) is 0 Å². The number of carbonyl (C=O) groups excluding carboxylic acids is 2. The molecule has 0 aliphatic carbocycles. The number of rotatable bonds is 2. The molecule has 1 aromatic heterocycles. The van der Waals surface area contributed by atoms with Crippen LogP contribution in [-0.2, 0) is 0 Å². The van der Waals surface area contributed by atoms with E-state index in [4.69, 9.17) is 29.0 Å². The minimum absolute atomic E-state index is 0.141. The molecule has 1 aliphatic rings. The summed E-state index contributed by atoms with van der Waals surface area (Å²) in [6.07, 6.45) is 0.553. The van der Waals surface area contributed by atoms with Gasteiger partial charge in [-0.3, -0.25) is 10.2 Å². The number of Topliss-reactive ketones (excluding diaryl/α,β-unsaturated/α-hetero) is 1. The molecule has 6 nitrogen and oxygen atoms in total. The Hall–Kier alpha value is -2.58. The Labute approximate surface area is 182 Å². The summed E-state index contributed by atoms with van der Waals surface area (Å²) < 4.78 is 0. The summed E-state index contributed by atoms with van der Waals surface area (Å²) in [5, 5.41) is 8.78. The molecule has 0 saturated heterocycles. The number of carbonyl (C=O) groups is 2. The summed E-state index contributed by atoms with van der Waals surface area (Å²) in [5.74, 6) is 5.10. The first-order valence-corrected chi connectivity index (χ1v) is 10.3. The van der Waals surface area contributed by atoms with Crippen molar-refractivity contribution in [3.05, 3.63) is 80.5 Å². The Morgan fingerprint density at radius 2 is 1.83 bits per heavy atom. The second-order valence-corrected chi connectivity index (χ2v) is 7.99. The molecule has 2 amide bonds. The molecule has 0 saturated carbocycles. The number of fused-ring (bicyclic) bond motifs is 1. The van der Waals surface area contributed by atoms with Crippen molar-refractivity contribution in [2.75, 3.05) is 10.6 Å². The highest BCUT2D eigenvalue weighted by molar-refractivity contribution is 7.10. The maximum absolute atomic E-state index is 12.0. The lowest BCUT2D eigenvalue weighted by Crippen LogP contribution is -2.34. The molecular weight excluding hydrogens is 431 g/mol. The van der Waals surface area contributed by atoms with Crippen LogP contribution in [0.25, 0.3) is 0 Å². The van der Waals surface area contributed by atoms with Crippen LogP contribution < -0.4 is 21.9 Å². The number of urea groups is 1. The molecule has 1 atom stereocenters. The highest BCUT2D eigenvalue weighted by Crippen LogP contribution is 2.34. The Balaban J connectivity index is 0.000000170. The zero-order valence-electron chi connectivity index (χ0n) is 15.1. The van der Waals surface area contributed by atoms with Crippen molar-refractivity contribution in [3.63, 3.8) is 0 Å². The SMILES string of the molecule is NNC(=O)Nc1cc(Cl)cc(Cl)c1.O=C1CC(c2cccs2)Nc2ccccc21. The van der Waals surface area contributed by atoms with Crippen molar-refractivity contribution in [1.82, 2.24) is 5.43 Å². The van der Waals surface area contributed by atoms with E-state index in [0.29, 0.717) is 22.2 Å². The van der Waals surface area contributed by atoms with E-state index in [1.165, 1.54) is 4.88 Å². The monoisotopic (exact) mass is 448 g/mol. The van der Waals surface area contributed by atoms with Crippen molar-refractivity contribution in [2.45, 2.75) is 12.5 Å². The number of nitrogens with one attached hydrogen (secondary N) is 3. The van der Waals surface area contributed by atoms with Crippen molar-refractivity contribution in [2.24, 2.45) is 5.84 Å². The van der Waals surface area contributed by atoms with E-state index in [-0.39, 0.29) is 11.8 Å². The number of ketones is 1. The number of amides is 2. The molecular formula is C20H18Cl2N4O2S. The van der Waals surface area contributed by atoms with Gasteiger partial charge in [-0.2, -0.15) is 0 Å². The Morgan fingerprint density at radius 1 is 1.10 bits per heavy atom. The van der Waals surface area contributed by atoms with Gasteiger partial charge in [-0.15, -0.1) is 11.3 Å². The van der Waals surface area contributed by atoms with Gasteiger partial charge in [0.1, 0.15) is 0 Å². The second-order valence-electron chi connectivity index (χ2n) is 6.14. The number of hydrogen-bond donors (Lipinski definition) is 4.